The van der Waals surface area contributed by atoms with Gasteiger partial charge in [-0.2, -0.15) is 0 Å². The predicted molar refractivity (Wildman–Crippen MR) is 61.9 cm³/mol. The van der Waals surface area contributed by atoms with E-state index in [1.807, 2.05) is 0 Å². The second-order valence-corrected chi connectivity index (χ2v) is 4.85. The number of nitrogens with zero attached hydrogens (tertiary/aromatic N) is 2. The molecule has 5 nitrogen and oxygen atoms in total. The van der Waals surface area contributed by atoms with Crippen LogP contribution in [0.4, 0.5) is 0 Å². The molecule has 1 unspecified atom stereocenters. The van der Waals surface area contributed by atoms with E-state index in [0.29, 0.717) is 23.8 Å². The van der Waals surface area contributed by atoms with E-state index in [2.05, 4.69) is 17.0 Å². The van der Waals surface area contributed by atoms with E-state index in [1.54, 1.807) is 6.92 Å². The van der Waals surface area contributed by atoms with Crippen LogP contribution >= 0.6 is 0 Å². The Labute approximate surface area is 100 Å². The van der Waals surface area contributed by atoms with Crippen molar-refractivity contribution in [2.45, 2.75) is 33.2 Å². The molecule has 1 aliphatic heterocycles. The van der Waals surface area contributed by atoms with E-state index >= 15 is 0 Å². The molecule has 0 aromatic carbocycles. The van der Waals surface area contributed by atoms with Crippen LogP contribution in [0.1, 0.15) is 41.6 Å². The van der Waals surface area contributed by atoms with Crippen LogP contribution < -0.4 is 0 Å². The third-order valence-electron chi connectivity index (χ3n) is 3.31. The summed E-state index contributed by atoms with van der Waals surface area (Å²) in [5.74, 6) is 0.278. The zero-order valence-electron chi connectivity index (χ0n) is 10.3. The lowest BCUT2D eigenvalue weighted by molar-refractivity contribution is 0.0683. The third-order valence-corrected chi connectivity index (χ3v) is 3.31. The first-order valence-electron chi connectivity index (χ1n) is 5.98. The molecule has 17 heavy (non-hydrogen) atoms. The monoisotopic (exact) mass is 238 g/mol. The molecular formula is C12H18N2O3. The van der Waals surface area contributed by atoms with Crippen molar-refractivity contribution in [3.05, 3.63) is 17.0 Å². The molecule has 0 amide bonds. The highest BCUT2D eigenvalue weighted by Gasteiger charge is 2.23. The van der Waals surface area contributed by atoms with Crippen molar-refractivity contribution >= 4 is 5.97 Å². The normalized spacial score (nSPS) is 21.6. The van der Waals surface area contributed by atoms with Gasteiger partial charge in [0.1, 0.15) is 5.76 Å². The molecule has 0 saturated carbocycles. The summed E-state index contributed by atoms with van der Waals surface area (Å²) in [6, 6.07) is 0. The number of likely N-dealkylation sites (tertiary alicyclic amines) is 1. The molecule has 94 valence electrons. The van der Waals surface area contributed by atoms with Gasteiger partial charge in [0.2, 0.25) is 0 Å². The maximum atomic E-state index is 11.0. The van der Waals surface area contributed by atoms with E-state index < -0.39 is 5.97 Å². The Morgan fingerprint density at radius 2 is 2.41 bits per heavy atom. The zero-order valence-corrected chi connectivity index (χ0v) is 10.3. The molecule has 0 aliphatic carbocycles. The van der Waals surface area contributed by atoms with Crippen molar-refractivity contribution < 1.29 is 14.4 Å². The first-order chi connectivity index (χ1) is 8.08. The number of aromatic carboxylic acids is 1. The van der Waals surface area contributed by atoms with Gasteiger partial charge in [-0.05, 0) is 32.2 Å². The van der Waals surface area contributed by atoms with Crippen LogP contribution in [0.3, 0.4) is 0 Å². The van der Waals surface area contributed by atoms with Crippen molar-refractivity contribution in [3.63, 3.8) is 0 Å². The SMILES string of the molecule is Cc1onc(C(=O)O)c1CN1CCCC(C)C1. The molecule has 0 radical (unpaired) electrons. The fourth-order valence-corrected chi connectivity index (χ4v) is 2.40. The van der Waals surface area contributed by atoms with Crippen LogP contribution in [0, 0.1) is 12.8 Å². The highest BCUT2D eigenvalue weighted by atomic mass is 16.5. The molecular weight excluding hydrogens is 220 g/mol. The molecule has 1 aliphatic rings. The number of aryl methyl sites for hydroxylation is 1. The molecule has 2 heterocycles. The number of carbonyl (C=O) groups is 1. The number of hydrogen-bond donors (Lipinski definition) is 1. The van der Waals surface area contributed by atoms with Crippen molar-refractivity contribution in [2.75, 3.05) is 13.1 Å². The minimum absolute atomic E-state index is 0.0562. The average molecular weight is 238 g/mol. The second-order valence-electron chi connectivity index (χ2n) is 4.85. The van der Waals surface area contributed by atoms with Gasteiger partial charge in [0, 0.05) is 18.7 Å². The van der Waals surface area contributed by atoms with Gasteiger partial charge in [-0.1, -0.05) is 12.1 Å². The maximum absolute atomic E-state index is 11.0. The number of rotatable bonds is 3. The predicted octanol–water partition coefficient (Wildman–Crippen LogP) is 1.91. The smallest absolute Gasteiger partial charge is 0.358 e. The Hall–Kier alpha value is -1.36. The average Bonchev–Trinajstić information content (AvgIpc) is 2.61. The van der Waals surface area contributed by atoms with Gasteiger partial charge < -0.3 is 9.63 Å². The van der Waals surface area contributed by atoms with E-state index in [-0.39, 0.29) is 5.69 Å². The summed E-state index contributed by atoms with van der Waals surface area (Å²) in [5, 5.41) is 12.6. The summed E-state index contributed by atoms with van der Waals surface area (Å²) in [5.41, 5.74) is 0.771. The molecule has 1 fully saturated rings. The van der Waals surface area contributed by atoms with Crippen LogP contribution in [0.15, 0.2) is 4.52 Å². The Morgan fingerprint density at radius 3 is 3.06 bits per heavy atom. The van der Waals surface area contributed by atoms with Gasteiger partial charge in [0.05, 0.1) is 0 Å². The minimum atomic E-state index is -1.01. The summed E-state index contributed by atoms with van der Waals surface area (Å²) in [6.45, 7) is 6.66. The zero-order chi connectivity index (χ0) is 12.4. The van der Waals surface area contributed by atoms with Gasteiger partial charge in [0.15, 0.2) is 5.69 Å². The topological polar surface area (TPSA) is 66.6 Å². The quantitative estimate of drug-likeness (QED) is 0.871. The van der Waals surface area contributed by atoms with Crippen LogP contribution in [-0.4, -0.2) is 34.2 Å². The second kappa shape index (κ2) is 4.87. The fourth-order valence-electron chi connectivity index (χ4n) is 2.40. The van der Waals surface area contributed by atoms with Gasteiger partial charge >= 0.3 is 5.97 Å². The number of piperidine rings is 1. The van der Waals surface area contributed by atoms with Crippen molar-refractivity contribution in [1.29, 1.82) is 0 Å². The summed E-state index contributed by atoms with van der Waals surface area (Å²) >= 11 is 0. The Balaban J connectivity index is 2.12. The van der Waals surface area contributed by atoms with E-state index in [0.717, 1.165) is 13.1 Å². The lowest BCUT2D eigenvalue weighted by atomic mass is 9.99. The van der Waals surface area contributed by atoms with Gasteiger partial charge in [-0.15, -0.1) is 0 Å². The summed E-state index contributed by atoms with van der Waals surface area (Å²) in [7, 11) is 0. The molecule has 1 atom stereocenters. The highest BCUT2D eigenvalue weighted by molar-refractivity contribution is 5.87. The third kappa shape index (κ3) is 2.66. The number of aromatic nitrogens is 1. The van der Waals surface area contributed by atoms with Crippen LogP contribution in [0.25, 0.3) is 0 Å². The molecule has 0 bridgehead atoms. The summed E-state index contributed by atoms with van der Waals surface area (Å²) < 4.78 is 4.97. The largest absolute Gasteiger partial charge is 0.476 e. The highest BCUT2D eigenvalue weighted by Crippen LogP contribution is 2.21. The van der Waals surface area contributed by atoms with E-state index in [9.17, 15) is 4.79 Å². The van der Waals surface area contributed by atoms with Crippen molar-refractivity contribution in [2.24, 2.45) is 5.92 Å². The van der Waals surface area contributed by atoms with Crippen molar-refractivity contribution in [1.82, 2.24) is 10.1 Å². The van der Waals surface area contributed by atoms with E-state index in [1.165, 1.54) is 12.8 Å². The van der Waals surface area contributed by atoms with Crippen LogP contribution in [-0.2, 0) is 6.54 Å². The molecule has 1 aromatic heterocycles. The molecule has 0 spiro atoms. The number of carboxylic acids is 1. The summed E-state index contributed by atoms with van der Waals surface area (Å²) in [4.78, 5) is 13.3. The molecule has 5 heteroatoms. The first kappa shape index (κ1) is 12.1. The summed E-state index contributed by atoms with van der Waals surface area (Å²) in [6.07, 6.45) is 2.43. The molecule has 1 N–H and O–H groups in total. The lowest BCUT2D eigenvalue weighted by Gasteiger charge is -2.30. The van der Waals surface area contributed by atoms with E-state index in [4.69, 9.17) is 9.63 Å². The Kier molecular flexibility index (Phi) is 3.47. The van der Waals surface area contributed by atoms with Gasteiger partial charge in [-0.3, -0.25) is 4.90 Å². The van der Waals surface area contributed by atoms with Crippen molar-refractivity contribution in [3.8, 4) is 0 Å². The molecule has 1 saturated heterocycles. The minimum Gasteiger partial charge on any atom is -0.476 e. The Bertz CT molecular complexity index is 414. The van der Waals surface area contributed by atoms with Crippen LogP contribution in [0.5, 0.6) is 0 Å². The maximum Gasteiger partial charge on any atom is 0.358 e. The lowest BCUT2D eigenvalue weighted by Crippen LogP contribution is -2.34. The molecule has 1 aromatic rings. The van der Waals surface area contributed by atoms with Gasteiger partial charge in [-0.25, -0.2) is 4.79 Å². The standard InChI is InChI=1S/C12H18N2O3/c1-8-4-3-5-14(6-8)7-10-9(2)17-13-11(10)12(15)16/h8H,3-7H2,1-2H3,(H,15,16). The van der Waals surface area contributed by atoms with Crippen LogP contribution in [0.2, 0.25) is 0 Å². The fraction of sp³-hybridized carbons (Fsp3) is 0.667. The number of carboxylic acid groups (broad SMARTS) is 1. The van der Waals surface area contributed by atoms with Gasteiger partial charge in [0.25, 0.3) is 0 Å². The number of hydrogen-bond acceptors (Lipinski definition) is 4. The molecule has 2 rings (SSSR count). The Morgan fingerprint density at radius 1 is 1.65 bits per heavy atom. The first-order valence-corrected chi connectivity index (χ1v) is 5.98.